The van der Waals surface area contributed by atoms with E-state index in [1.54, 1.807) is 0 Å². The lowest BCUT2D eigenvalue weighted by Gasteiger charge is -2.17. The number of nitrogens with one attached hydrogen (secondary N) is 1. The Kier molecular flexibility index (Phi) is 5.57. The van der Waals surface area contributed by atoms with Gasteiger partial charge in [0.1, 0.15) is 5.82 Å². The predicted molar refractivity (Wildman–Crippen MR) is 79.8 cm³/mol. The molecule has 0 aliphatic heterocycles. The first-order valence-electron chi connectivity index (χ1n) is 6.84. The number of aromatic nitrogens is 2. The Labute approximate surface area is 118 Å². The van der Waals surface area contributed by atoms with Gasteiger partial charge in [-0.3, -0.25) is 5.84 Å². The fourth-order valence-electron chi connectivity index (χ4n) is 2.28. The average Bonchev–Trinajstić information content (AvgIpc) is 3.07. The van der Waals surface area contributed by atoms with Crippen LogP contribution in [-0.4, -0.2) is 9.55 Å². The molecule has 2 rings (SSSR count). The number of imidazole rings is 1. The summed E-state index contributed by atoms with van der Waals surface area (Å²) in [5, 5.41) is 2.13. The number of hydrogen-bond acceptors (Lipinski definition) is 4. The van der Waals surface area contributed by atoms with Gasteiger partial charge < -0.3 is 4.57 Å². The molecular formula is C14H22N4S. The summed E-state index contributed by atoms with van der Waals surface area (Å²) >= 11 is 1.82. The molecule has 0 aromatic carbocycles. The van der Waals surface area contributed by atoms with E-state index in [0.29, 0.717) is 0 Å². The summed E-state index contributed by atoms with van der Waals surface area (Å²) in [5.41, 5.74) is 2.90. The van der Waals surface area contributed by atoms with Gasteiger partial charge in [0.25, 0.3) is 0 Å². The standard InChI is InChI=1S/C14H22N4S/c1-2-9-18-10-8-16-14(18)13(17-15)7-3-5-12-6-4-11-19-12/h4,6,8,10-11,13,17H,2-3,5,7,9,15H2,1H3. The van der Waals surface area contributed by atoms with Crippen LogP contribution >= 0.6 is 11.3 Å². The number of hydrogen-bond donors (Lipinski definition) is 2. The minimum absolute atomic E-state index is 0.140. The molecule has 0 fully saturated rings. The van der Waals surface area contributed by atoms with E-state index >= 15 is 0 Å². The molecular weight excluding hydrogens is 256 g/mol. The molecule has 0 saturated carbocycles. The first-order valence-corrected chi connectivity index (χ1v) is 7.72. The van der Waals surface area contributed by atoms with Crippen molar-refractivity contribution in [3.8, 4) is 0 Å². The Hall–Kier alpha value is -1.17. The average molecular weight is 278 g/mol. The molecule has 0 aliphatic rings. The van der Waals surface area contributed by atoms with E-state index in [2.05, 4.69) is 39.4 Å². The normalized spacial score (nSPS) is 12.7. The Morgan fingerprint density at radius 1 is 1.53 bits per heavy atom. The van der Waals surface area contributed by atoms with E-state index < -0.39 is 0 Å². The molecule has 0 spiro atoms. The number of rotatable bonds is 8. The summed E-state index contributed by atoms with van der Waals surface area (Å²) in [6, 6.07) is 4.43. The van der Waals surface area contributed by atoms with E-state index in [0.717, 1.165) is 38.1 Å². The van der Waals surface area contributed by atoms with Crippen LogP contribution in [0.1, 0.15) is 42.9 Å². The first kappa shape index (κ1) is 14.2. The Morgan fingerprint density at radius 3 is 3.11 bits per heavy atom. The number of aryl methyl sites for hydroxylation is 2. The first-order chi connectivity index (χ1) is 9.35. The topological polar surface area (TPSA) is 55.9 Å². The molecule has 19 heavy (non-hydrogen) atoms. The third-order valence-corrected chi connectivity index (χ3v) is 4.16. The zero-order valence-corrected chi connectivity index (χ0v) is 12.2. The fourth-order valence-corrected chi connectivity index (χ4v) is 3.03. The zero-order chi connectivity index (χ0) is 13.5. The molecule has 5 heteroatoms. The molecule has 4 nitrogen and oxygen atoms in total. The van der Waals surface area contributed by atoms with Gasteiger partial charge in [-0.25, -0.2) is 10.4 Å². The predicted octanol–water partition coefficient (Wildman–Crippen LogP) is 2.88. The maximum atomic E-state index is 5.69. The van der Waals surface area contributed by atoms with Crippen LogP contribution in [0.4, 0.5) is 0 Å². The van der Waals surface area contributed by atoms with Crippen LogP contribution in [0.25, 0.3) is 0 Å². The third kappa shape index (κ3) is 3.89. The zero-order valence-electron chi connectivity index (χ0n) is 11.4. The van der Waals surface area contributed by atoms with Crippen molar-refractivity contribution in [1.29, 1.82) is 0 Å². The van der Waals surface area contributed by atoms with Crippen LogP contribution in [0.15, 0.2) is 29.9 Å². The summed E-state index contributed by atoms with van der Waals surface area (Å²) in [5.74, 6) is 6.74. The van der Waals surface area contributed by atoms with Crippen LogP contribution in [0, 0.1) is 0 Å². The lowest BCUT2D eigenvalue weighted by atomic mass is 10.1. The van der Waals surface area contributed by atoms with E-state index in [1.807, 2.05) is 23.7 Å². The van der Waals surface area contributed by atoms with E-state index in [1.165, 1.54) is 4.88 Å². The monoisotopic (exact) mass is 278 g/mol. The van der Waals surface area contributed by atoms with Gasteiger partial charge in [0.15, 0.2) is 0 Å². The van der Waals surface area contributed by atoms with Crippen molar-refractivity contribution < 1.29 is 0 Å². The smallest absolute Gasteiger partial charge is 0.127 e. The molecule has 1 atom stereocenters. The highest BCUT2D eigenvalue weighted by Gasteiger charge is 2.14. The minimum atomic E-state index is 0.140. The van der Waals surface area contributed by atoms with Gasteiger partial charge in [-0.1, -0.05) is 13.0 Å². The number of nitrogens with two attached hydrogens (primary N) is 1. The van der Waals surface area contributed by atoms with Crippen LogP contribution in [0.2, 0.25) is 0 Å². The maximum Gasteiger partial charge on any atom is 0.127 e. The Morgan fingerprint density at radius 2 is 2.42 bits per heavy atom. The van der Waals surface area contributed by atoms with Crippen molar-refractivity contribution in [2.24, 2.45) is 5.84 Å². The second-order valence-corrected chi connectivity index (χ2v) is 5.70. The third-order valence-electron chi connectivity index (χ3n) is 3.22. The highest BCUT2D eigenvalue weighted by Crippen LogP contribution is 2.19. The van der Waals surface area contributed by atoms with Gasteiger partial charge in [-0.2, -0.15) is 0 Å². The van der Waals surface area contributed by atoms with E-state index in [4.69, 9.17) is 5.84 Å². The largest absolute Gasteiger partial charge is 0.334 e. The molecule has 0 bridgehead atoms. The molecule has 0 amide bonds. The van der Waals surface area contributed by atoms with Gasteiger partial charge in [-0.05, 0) is 37.1 Å². The van der Waals surface area contributed by atoms with Crippen LogP contribution in [0.3, 0.4) is 0 Å². The van der Waals surface area contributed by atoms with Crippen molar-refractivity contribution >= 4 is 11.3 Å². The van der Waals surface area contributed by atoms with Gasteiger partial charge in [0.05, 0.1) is 6.04 Å². The lowest BCUT2D eigenvalue weighted by molar-refractivity contribution is 0.452. The summed E-state index contributed by atoms with van der Waals surface area (Å²) in [6.45, 7) is 3.17. The highest BCUT2D eigenvalue weighted by atomic mass is 32.1. The number of thiophene rings is 1. The van der Waals surface area contributed by atoms with Crippen LogP contribution in [-0.2, 0) is 13.0 Å². The second-order valence-electron chi connectivity index (χ2n) is 4.67. The number of nitrogens with zero attached hydrogens (tertiary/aromatic N) is 2. The molecule has 0 radical (unpaired) electrons. The Balaban J connectivity index is 1.90. The molecule has 3 N–H and O–H groups in total. The van der Waals surface area contributed by atoms with Crippen LogP contribution in [0.5, 0.6) is 0 Å². The highest BCUT2D eigenvalue weighted by molar-refractivity contribution is 7.09. The molecule has 0 saturated heterocycles. The summed E-state index contributed by atoms with van der Waals surface area (Å²) in [6.07, 6.45) is 8.24. The van der Waals surface area contributed by atoms with E-state index in [-0.39, 0.29) is 6.04 Å². The van der Waals surface area contributed by atoms with Gasteiger partial charge in [0, 0.05) is 23.8 Å². The molecule has 2 aromatic rings. The lowest BCUT2D eigenvalue weighted by Crippen LogP contribution is -2.30. The SMILES string of the molecule is CCCn1ccnc1C(CCCc1cccs1)NN. The summed E-state index contributed by atoms with van der Waals surface area (Å²) < 4.78 is 2.19. The summed E-state index contributed by atoms with van der Waals surface area (Å²) in [7, 11) is 0. The van der Waals surface area contributed by atoms with E-state index in [9.17, 15) is 0 Å². The van der Waals surface area contributed by atoms with Crippen molar-refractivity contribution in [1.82, 2.24) is 15.0 Å². The van der Waals surface area contributed by atoms with Crippen molar-refractivity contribution in [2.45, 2.75) is 45.2 Å². The van der Waals surface area contributed by atoms with Gasteiger partial charge >= 0.3 is 0 Å². The maximum absolute atomic E-state index is 5.69. The van der Waals surface area contributed by atoms with Gasteiger partial charge in [-0.15, -0.1) is 11.3 Å². The second kappa shape index (κ2) is 7.43. The quantitative estimate of drug-likeness (QED) is 0.576. The Bertz CT molecular complexity index is 464. The summed E-state index contributed by atoms with van der Waals surface area (Å²) in [4.78, 5) is 5.88. The van der Waals surface area contributed by atoms with Crippen LogP contribution < -0.4 is 11.3 Å². The van der Waals surface area contributed by atoms with Crippen molar-refractivity contribution in [3.05, 3.63) is 40.6 Å². The van der Waals surface area contributed by atoms with Gasteiger partial charge in [0.2, 0.25) is 0 Å². The number of hydrazine groups is 1. The minimum Gasteiger partial charge on any atom is -0.334 e. The molecule has 2 heterocycles. The van der Waals surface area contributed by atoms with Crippen molar-refractivity contribution in [2.75, 3.05) is 0 Å². The molecule has 104 valence electrons. The molecule has 0 aliphatic carbocycles. The molecule has 1 unspecified atom stereocenters. The van der Waals surface area contributed by atoms with Crippen molar-refractivity contribution in [3.63, 3.8) is 0 Å². The fraction of sp³-hybridized carbons (Fsp3) is 0.500. The molecule has 2 aromatic heterocycles.